The fourth-order valence-corrected chi connectivity index (χ4v) is 6.32. The standard InChI is InChI=1S/C32H33N3O6/c1-18(2)28(32(39)34-15-20-13-22(17-34)24-10-7-11-27(38)35(24)16-20)33-26(37)14-23-29(21-8-5-4-6-9-21)41-31-25(36)12-19(3)40-30(23)31/h4-12,18,20,22,28H,13-17H2,1-3H3,(H,33,37)/t20-,22+,28+/m1/s1. The van der Waals surface area contributed by atoms with Gasteiger partial charge in [0, 0.05) is 48.9 Å². The Balaban J connectivity index is 1.25. The van der Waals surface area contributed by atoms with Gasteiger partial charge in [-0.05, 0) is 31.2 Å². The van der Waals surface area contributed by atoms with Crippen LogP contribution in [0.3, 0.4) is 0 Å². The van der Waals surface area contributed by atoms with Crippen LogP contribution in [0, 0.1) is 18.8 Å². The fourth-order valence-electron chi connectivity index (χ4n) is 6.32. The summed E-state index contributed by atoms with van der Waals surface area (Å²) in [5.41, 5.74) is 2.14. The van der Waals surface area contributed by atoms with Gasteiger partial charge in [-0.25, -0.2) is 0 Å². The minimum absolute atomic E-state index is 0.00281. The van der Waals surface area contributed by atoms with Crippen LogP contribution in [0.25, 0.3) is 22.5 Å². The lowest BCUT2D eigenvalue weighted by molar-refractivity contribution is -0.140. The van der Waals surface area contributed by atoms with E-state index in [2.05, 4.69) is 5.32 Å². The maximum atomic E-state index is 13.8. The van der Waals surface area contributed by atoms with E-state index < -0.39 is 6.04 Å². The molecule has 1 saturated heterocycles. The lowest BCUT2D eigenvalue weighted by Crippen LogP contribution is -2.56. The Morgan fingerprint density at radius 1 is 0.976 bits per heavy atom. The molecule has 41 heavy (non-hydrogen) atoms. The van der Waals surface area contributed by atoms with Gasteiger partial charge in [0.1, 0.15) is 17.6 Å². The average Bonchev–Trinajstić information content (AvgIpc) is 3.30. The van der Waals surface area contributed by atoms with Crippen LogP contribution in [-0.4, -0.2) is 40.4 Å². The third-order valence-electron chi connectivity index (χ3n) is 8.19. The second kappa shape index (κ2) is 10.5. The Labute approximate surface area is 236 Å². The van der Waals surface area contributed by atoms with Crippen molar-refractivity contribution < 1.29 is 18.4 Å². The number of carbonyl (C=O) groups is 2. The molecule has 3 atom stereocenters. The molecule has 2 aliphatic rings. The average molecular weight is 556 g/mol. The van der Waals surface area contributed by atoms with Gasteiger partial charge in [0.2, 0.25) is 22.8 Å². The van der Waals surface area contributed by atoms with Crippen molar-refractivity contribution in [3.05, 3.63) is 92.2 Å². The van der Waals surface area contributed by atoms with Gasteiger partial charge in [-0.2, -0.15) is 0 Å². The number of aromatic nitrogens is 1. The van der Waals surface area contributed by atoms with E-state index in [4.69, 9.17) is 8.83 Å². The summed E-state index contributed by atoms with van der Waals surface area (Å²) in [5, 5.41) is 2.97. The molecule has 1 N–H and O–H groups in total. The summed E-state index contributed by atoms with van der Waals surface area (Å²) in [7, 11) is 0. The summed E-state index contributed by atoms with van der Waals surface area (Å²) in [5.74, 6) is 0.434. The van der Waals surface area contributed by atoms with Gasteiger partial charge in [-0.3, -0.25) is 19.2 Å². The zero-order chi connectivity index (χ0) is 28.8. The highest BCUT2D eigenvalue weighted by atomic mass is 16.4. The second-order valence-corrected chi connectivity index (χ2v) is 11.6. The van der Waals surface area contributed by atoms with E-state index in [1.807, 2.05) is 59.7 Å². The quantitative estimate of drug-likeness (QED) is 0.387. The number of fused-ring (bicyclic) bond motifs is 5. The van der Waals surface area contributed by atoms with Gasteiger partial charge in [-0.15, -0.1) is 0 Å². The summed E-state index contributed by atoms with van der Waals surface area (Å²) in [6.07, 6.45) is 0.814. The van der Waals surface area contributed by atoms with E-state index in [0.717, 1.165) is 17.7 Å². The van der Waals surface area contributed by atoms with Gasteiger partial charge >= 0.3 is 0 Å². The number of hydrogen-bond donors (Lipinski definition) is 1. The van der Waals surface area contributed by atoms with Crippen molar-refractivity contribution in [1.29, 1.82) is 0 Å². The third kappa shape index (κ3) is 5.01. The Hall–Kier alpha value is -4.40. The van der Waals surface area contributed by atoms with Crippen LogP contribution in [0.2, 0.25) is 0 Å². The van der Waals surface area contributed by atoms with E-state index in [9.17, 15) is 19.2 Å². The number of carbonyl (C=O) groups excluding carboxylic acids is 2. The molecule has 5 heterocycles. The van der Waals surface area contributed by atoms with Crippen molar-refractivity contribution >= 4 is 23.0 Å². The molecule has 1 aromatic carbocycles. The first-order valence-electron chi connectivity index (χ1n) is 14.1. The van der Waals surface area contributed by atoms with Gasteiger partial charge in [0.25, 0.3) is 5.56 Å². The lowest BCUT2D eigenvalue weighted by atomic mass is 9.82. The number of amides is 2. The highest BCUT2D eigenvalue weighted by Gasteiger charge is 2.39. The molecule has 1 fully saturated rings. The molecule has 0 radical (unpaired) electrons. The SMILES string of the molecule is Cc1cc(=O)c2oc(-c3ccccc3)c(CC(=O)N[C@H](C(=O)N3C[C@H]4C[C@@H](C3)c3cccc(=O)n3C4)C(C)C)c2o1. The first kappa shape index (κ1) is 26.8. The van der Waals surface area contributed by atoms with Crippen LogP contribution in [-0.2, 0) is 22.6 Å². The van der Waals surface area contributed by atoms with Crippen LogP contribution >= 0.6 is 0 Å². The number of furan rings is 1. The predicted molar refractivity (Wildman–Crippen MR) is 154 cm³/mol. The molecule has 212 valence electrons. The molecule has 0 spiro atoms. The number of nitrogens with one attached hydrogen (secondary N) is 1. The van der Waals surface area contributed by atoms with Gasteiger partial charge < -0.3 is 23.6 Å². The summed E-state index contributed by atoms with van der Waals surface area (Å²) in [6, 6.07) is 15.2. The van der Waals surface area contributed by atoms with E-state index in [-0.39, 0.29) is 58.1 Å². The summed E-state index contributed by atoms with van der Waals surface area (Å²) < 4.78 is 13.7. The second-order valence-electron chi connectivity index (χ2n) is 11.6. The number of likely N-dealkylation sites (tertiary alicyclic amines) is 1. The maximum Gasteiger partial charge on any atom is 0.250 e. The van der Waals surface area contributed by atoms with Crippen LogP contribution in [0.1, 0.15) is 43.2 Å². The van der Waals surface area contributed by atoms with Gasteiger partial charge in [-0.1, -0.05) is 50.2 Å². The number of aryl methyl sites for hydroxylation is 1. The van der Waals surface area contributed by atoms with Crippen LogP contribution in [0.4, 0.5) is 0 Å². The van der Waals surface area contributed by atoms with Gasteiger partial charge in [0.15, 0.2) is 5.58 Å². The summed E-state index contributed by atoms with van der Waals surface area (Å²) in [4.78, 5) is 54.3. The fraction of sp³-hybridized carbons (Fsp3) is 0.375. The summed E-state index contributed by atoms with van der Waals surface area (Å²) >= 11 is 0. The van der Waals surface area contributed by atoms with E-state index >= 15 is 0 Å². The Morgan fingerprint density at radius 2 is 1.76 bits per heavy atom. The number of benzene rings is 1. The zero-order valence-electron chi connectivity index (χ0n) is 23.4. The van der Waals surface area contributed by atoms with Crippen molar-refractivity contribution in [2.45, 2.75) is 52.1 Å². The molecule has 9 heteroatoms. The number of piperidine rings is 1. The lowest BCUT2D eigenvalue weighted by Gasteiger charge is -2.44. The zero-order valence-corrected chi connectivity index (χ0v) is 23.4. The molecule has 9 nitrogen and oxygen atoms in total. The first-order valence-corrected chi connectivity index (χ1v) is 14.1. The van der Waals surface area contributed by atoms with E-state index in [1.165, 1.54) is 6.07 Å². The third-order valence-corrected chi connectivity index (χ3v) is 8.19. The minimum atomic E-state index is -0.730. The Kier molecular flexibility index (Phi) is 6.89. The molecule has 4 aromatic rings. The molecule has 2 bridgehead atoms. The molecular formula is C32H33N3O6. The van der Waals surface area contributed by atoms with Crippen molar-refractivity contribution in [2.75, 3.05) is 13.1 Å². The topological polar surface area (TPSA) is 115 Å². The number of pyridine rings is 1. The molecular weight excluding hydrogens is 522 g/mol. The number of nitrogens with zero attached hydrogens (tertiary/aromatic N) is 2. The Bertz CT molecular complexity index is 1750. The van der Waals surface area contributed by atoms with Gasteiger partial charge in [0.05, 0.1) is 12.0 Å². The largest absolute Gasteiger partial charge is 0.457 e. The van der Waals surface area contributed by atoms with Crippen molar-refractivity contribution in [1.82, 2.24) is 14.8 Å². The first-order chi connectivity index (χ1) is 19.7. The normalized spacial score (nSPS) is 18.8. The molecule has 0 unspecified atom stereocenters. The number of rotatable bonds is 6. The molecule has 2 aliphatic heterocycles. The monoisotopic (exact) mass is 555 g/mol. The van der Waals surface area contributed by atoms with E-state index in [0.29, 0.717) is 36.7 Å². The molecule has 6 rings (SSSR count). The minimum Gasteiger partial charge on any atom is -0.457 e. The van der Waals surface area contributed by atoms with Crippen LogP contribution in [0.15, 0.2) is 73.0 Å². The van der Waals surface area contributed by atoms with Crippen LogP contribution < -0.4 is 16.3 Å². The van der Waals surface area contributed by atoms with Crippen molar-refractivity contribution in [2.24, 2.45) is 11.8 Å². The summed E-state index contributed by atoms with van der Waals surface area (Å²) in [6.45, 7) is 7.14. The van der Waals surface area contributed by atoms with Crippen molar-refractivity contribution in [3.63, 3.8) is 0 Å². The Morgan fingerprint density at radius 3 is 2.51 bits per heavy atom. The smallest absolute Gasteiger partial charge is 0.250 e. The van der Waals surface area contributed by atoms with Crippen LogP contribution in [0.5, 0.6) is 0 Å². The van der Waals surface area contributed by atoms with E-state index in [1.54, 1.807) is 19.1 Å². The van der Waals surface area contributed by atoms with Crippen molar-refractivity contribution in [3.8, 4) is 11.3 Å². The molecule has 0 aliphatic carbocycles. The highest BCUT2D eigenvalue weighted by Crippen LogP contribution is 2.36. The maximum absolute atomic E-state index is 13.8. The highest BCUT2D eigenvalue weighted by molar-refractivity contribution is 5.93. The molecule has 3 aromatic heterocycles. The molecule has 0 saturated carbocycles. The number of hydrogen-bond acceptors (Lipinski definition) is 6. The molecule has 2 amide bonds. The predicted octanol–water partition coefficient (Wildman–Crippen LogP) is 3.85.